The number of anilines is 1. The first-order valence-corrected chi connectivity index (χ1v) is 6.52. The van der Waals surface area contributed by atoms with Gasteiger partial charge in [-0.25, -0.2) is 9.78 Å². The van der Waals surface area contributed by atoms with Gasteiger partial charge in [0.05, 0.1) is 13.3 Å². The first-order valence-electron chi connectivity index (χ1n) is 6.52. The minimum atomic E-state index is -0.972. The van der Waals surface area contributed by atoms with Crippen molar-refractivity contribution >= 4 is 17.6 Å². The zero-order chi connectivity index (χ0) is 15.9. The first kappa shape index (κ1) is 15.4. The normalized spacial score (nSPS) is 11.4. The SMILES string of the molecule is COc1cccc(NC(=O)[C@@H](C)OC(=O)c2cnccn2)c1. The number of esters is 1. The van der Waals surface area contributed by atoms with Gasteiger partial charge in [-0.15, -0.1) is 0 Å². The molecule has 0 aliphatic heterocycles. The summed E-state index contributed by atoms with van der Waals surface area (Å²) in [7, 11) is 1.53. The zero-order valence-electron chi connectivity index (χ0n) is 12.1. The highest BCUT2D eigenvalue weighted by atomic mass is 16.5. The molecule has 1 atom stereocenters. The van der Waals surface area contributed by atoms with E-state index in [1.54, 1.807) is 24.3 Å². The Hall–Kier alpha value is -2.96. The number of hydrogen-bond donors (Lipinski definition) is 1. The molecule has 114 valence electrons. The zero-order valence-corrected chi connectivity index (χ0v) is 12.1. The van der Waals surface area contributed by atoms with Crippen molar-refractivity contribution in [1.82, 2.24) is 9.97 Å². The summed E-state index contributed by atoms with van der Waals surface area (Å²) in [6.07, 6.45) is 3.11. The van der Waals surface area contributed by atoms with E-state index >= 15 is 0 Å². The molecule has 1 heterocycles. The van der Waals surface area contributed by atoms with Gasteiger partial charge in [0.1, 0.15) is 5.75 Å². The number of carbonyl (C=O) groups is 2. The second kappa shape index (κ2) is 7.16. The van der Waals surface area contributed by atoms with E-state index in [9.17, 15) is 9.59 Å². The van der Waals surface area contributed by atoms with Gasteiger partial charge >= 0.3 is 5.97 Å². The summed E-state index contributed by atoms with van der Waals surface area (Å²) in [6, 6.07) is 6.87. The average Bonchev–Trinajstić information content (AvgIpc) is 2.55. The average molecular weight is 301 g/mol. The summed E-state index contributed by atoms with van der Waals surface area (Å²) >= 11 is 0. The Labute approximate surface area is 127 Å². The van der Waals surface area contributed by atoms with Crippen LogP contribution in [0.4, 0.5) is 5.69 Å². The van der Waals surface area contributed by atoms with Crippen LogP contribution in [-0.4, -0.2) is 35.1 Å². The lowest BCUT2D eigenvalue weighted by Gasteiger charge is -2.13. The fourth-order valence-corrected chi connectivity index (χ4v) is 1.62. The highest BCUT2D eigenvalue weighted by Crippen LogP contribution is 2.17. The van der Waals surface area contributed by atoms with Crippen LogP contribution in [0, 0.1) is 0 Å². The number of hydrogen-bond acceptors (Lipinski definition) is 6. The number of benzene rings is 1. The number of nitrogens with zero attached hydrogens (tertiary/aromatic N) is 2. The molecule has 7 nitrogen and oxygen atoms in total. The molecule has 0 aliphatic carbocycles. The van der Waals surface area contributed by atoms with E-state index in [1.165, 1.54) is 32.6 Å². The molecule has 22 heavy (non-hydrogen) atoms. The smallest absolute Gasteiger partial charge is 0.359 e. The van der Waals surface area contributed by atoms with Crippen molar-refractivity contribution in [3.8, 4) is 5.75 Å². The Morgan fingerprint density at radius 3 is 2.77 bits per heavy atom. The van der Waals surface area contributed by atoms with Crippen molar-refractivity contribution in [2.75, 3.05) is 12.4 Å². The highest BCUT2D eigenvalue weighted by Gasteiger charge is 2.20. The summed E-state index contributed by atoms with van der Waals surface area (Å²) in [5, 5.41) is 2.64. The maximum absolute atomic E-state index is 12.0. The van der Waals surface area contributed by atoms with E-state index in [-0.39, 0.29) is 5.69 Å². The molecule has 0 unspecified atom stereocenters. The van der Waals surface area contributed by atoms with Crippen molar-refractivity contribution in [1.29, 1.82) is 0 Å². The van der Waals surface area contributed by atoms with Gasteiger partial charge in [0.2, 0.25) is 0 Å². The molecule has 0 saturated carbocycles. The lowest BCUT2D eigenvalue weighted by Crippen LogP contribution is -2.30. The van der Waals surface area contributed by atoms with Crippen LogP contribution in [0.1, 0.15) is 17.4 Å². The number of methoxy groups -OCH3 is 1. The van der Waals surface area contributed by atoms with Crippen LogP contribution in [0.5, 0.6) is 5.75 Å². The van der Waals surface area contributed by atoms with Gasteiger partial charge in [0, 0.05) is 24.1 Å². The molecule has 0 saturated heterocycles. The molecule has 2 rings (SSSR count). The third-order valence-electron chi connectivity index (χ3n) is 2.76. The molecule has 7 heteroatoms. The van der Waals surface area contributed by atoms with E-state index in [1.807, 2.05) is 0 Å². The molecular formula is C15H15N3O4. The lowest BCUT2D eigenvalue weighted by atomic mass is 10.3. The Kier molecular flexibility index (Phi) is 5.02. The second-order valence-corrected chi connectivity index (χ2v) is 4.36. The second-order valence-electron chi connectivity index (χ2n) is 4.36. The maximum atomic E-state index is 12.0. The Morgan fingerprint density at radius 1 is 1.27 bits per heavy atom. The summed E-state index contributed by atoms with van der Waals surface area (Å²) in [5.41, 5.74) is 0.593. The van der Waals surface area contributed by atoms with Crippen LogP contribution in [0.3, 0.4) is 0 Å². The Bertz CT molecular complexity index is 661. The minimum absolute atomic E-state index is 0.0449. The van der Waals surface area contributed by atoms with Gasteiger partial charge in [-0.1, -0.05) is 6.07 Å². The largest absolute Gasteiger partial charge is 0.497 e. The number of carbonyl (C=O) groups excluding carboxylic acids is 2. The van der Waals surface area contributed by atoms with Gasteiger partial charge in [0.15, 0.2) is 11.8 Å². The van der Waals surface area contributed by atoms with Crippen molar-refractivity contribution in [2.24, 2.45) is 0 Å². The monoisotopic (exact) mass is 301 g/mol. The van der Waals surface area contributed by atoms with Crippen LogP contribution in [0.2, 0.25) is 0 Å². The molecule has 0 bridgehead atoms. The maximum Gasteiger partial charge on any atom is 0.359 e. The number of nitrogens with one attached hydrogen (secondary N) is 1. The number of aromatic nitrogens is 2. The summed E-state index contributed by atoms with van der Waals surface area (Å²) in [5.74, 6) is -0.547. The minimum Gasteiger partial charge on any atom is -0.497 e. The van der Waals surface area contributed by atoms with Crippen molar-refractivity contribution < 1.29 is 19.1 Å². The highest BCUT2D eigenvalue weighted by molar-refractivity contribution is 5.96. The Balaban J connectivity index is 1.96. The van der Waals surface area contributed by atoms with Gasteiger partial charge in [-0.05, 0) is 19.1 Å². The predicted molar refractivity (Wildman–Crippen MR) is 78.5 cm³/mol. The van der Waals surface area contributed by atoms with Gasteiger partial charge < -0.3 is 14.8 Å². The third-order valence-corrected chi connectivity index (χ3v) is 2.76. The molecule has 2 aromatic rings. The number of ether oxygens (including phenoxy) is 2. The topological polar surface area (TPSA) is 90.4 Å². The first-order chi connectivity index (χ1) is 10.6. The van der Waals surface area contributed by atoms with Crippen molar-refractivity contribution in [3.05, 3.63) is 48.5 Å². The quantitative estimate of drug-likeness (QED) is 0.845. The van der Waals surface area contributed by atoms with Crippen LogP contribution in [0.15, 0.2) is 42.9 Å². The predicted octanol–water partition coefficient (Wildman–Crippen LogP) is 1.67. The lowest BCUT2D eigenvalue weighted by molar-refractivity contribution is -0.123. The van der Waals surface area contributed by atoms with Crippen LogP contribution < -0.4 is 10.1 Å². The number of amides is 1. The van der Waals surface area contributed by atoms with Crippen LogP contribution in [-0.2, 0) is 9.53 Å². The van der Waals surface area contributed by atoms with Gasteiger partial charge in [-0.3, -0.25) is 9.78 Å². The molecule has 1 aromatic heterocycles. The molecule has 1 aromatic carbocycles. The molecule has 1 amide bonds. The van der Waals surface area contributed by atoms with Gasteiger partial charge in [0.25, 0.3) is 5.91 Å². The van der Waals surface area contributed by atoms with Crippen LogP contribution >= 0.6 is 0 Å². The van der Waals surface area contributed by atoms with E-state index in [0.717, 1.165) is 0 Å². The Morgan fingerprint density at radius 2 is 2.09 bits per heavy atom. The molecule has 0 aliphatic rings. The molecule has 0 fully saturated rings. The van der Waals surface area contributed by atoms with Crippen molar-refractivity contribution in [3.63, 3.8) is 0 Å². The summed E-state index contributed by atoms with van der Waals surface area (Å²) in [6.45, 7) is 1.48. The summed E-state index contributed by atoms with van der Waals surface area (Å²) < 4.78 is 10.1. The molecule has 0 spiro atoms. The molecular weight excluding hydrogens is 286 g/mol. The van der Waals surface area contributed by atoms with E-state index in [0.29, 0.717) is 11.4 Å². The fraction of sp³-hybridized carbons (Fsp3) is 0.200. The number of rotatable bonds is 5. The third kappa shape index (κ3) is 4.02. The van der Waals surface area contributed by atoms with E-state index < -0.39 is 18.0 Å². The van der Waals surface area contributed by atoms with Gasteiger partial charge in [-0.2, -0.15) is 0 Å². The standard InChI is InChI=1S/C15H15N3O4/c1-10(22-15(20)13-9-16-6-7-17-13)14(19)18-11-4-3-5-12(8-11)21-2/h3-10H,1-2H3,(H,18,19)/t10-/m1/s1. The van der Waals surface area contributed by atoms with E-state index in [4.69, 9.17) is 9.47 Å². The van der Waals surface area contributed by atoms with E-state index in [2.05, 4.69) is 15.3 Å². The fourth-order valence-electron chi connectivity index (χ4n) is 1.62. The molecule has 1 N–H and O–H groups in total. The summed E-state index contributed by atoms with van der Waals surface area (Å²) in [4.78, 5) is 31.4. The van der Waals surface area contributed by atoms with Crippen LogP contribution in [0.25, 0.3) is 0 Å². The van der Waals surface area contributed by atoms with Crippen molar-refractivity contribution in [2.45, 2.75) is 13.0 Å². The molecule has 0 radical (unpaired) electrons.